The number of nitrogens with zero attached hydrogens (tertiary/aromatic N) is 2. The van der Waals surface area contributed by atoms with Crippen LogP contribution in [-0.2, 0) is 4.74 Å². The van der Waals surface area contributed by atoms with Gasteiger partial charge in [0.2, 0.25) is 5.89 Å². The molecule has 0 aromatic carbocycles. The molecule has 1 N–H and O–H groups in total. The Kier molecular flexibility index (Phi) is 4.36. The maximum Gasteiger partial charge on any atom is 0.234 e. The van der Waals surface area contributed by atoms with Crippen molar-refractivity contribution in [3.8, 4) is 0 Å². The Labute approximate surface area is 120 Å². The first kappa shape index (κ1) is 13.7. The highest BCUT2D eigenvalue weighted by atomic mass is 32.2. The maximum atomic E-state index is 9.98. The molecule has 0 radical (unpaired) electrons. The Morgan fingerprint density at radius 1 is 1.32 bits per heavy atom. The van der Waals surface area contributed by atoms with Crippen molar-refractivity contribution in [3.63, 3.8) is 0 Å². The van der Waals surface area contributed by atoms with Crippen molar-refractivity contribution in [2.75, 3.05) is 24.7 Å². The predicted molar refractivity (Wildman–Crippen MR) is 75.6 cm³/mol. The summed E-state index contributed by atoms with van der Waals surface area (Å²) in [5, 5.41) is 14.9. The molecule has 2 saturated heterocycles. The summed E-state index contributed by atoms with van der Waals surface area (Å²) in [5.41, 5.74) is 0. The summed E-state index contributed by atoms with van der Waals surface area (Å²) in [7, 11) is 0. The van der Waals surface area contributed by atoms with Gasteiger partial charge in [-0.1, -0.05) is 12.1 Å². The number of hydrogen-bond donors (Lipinski definition) is 1. The second-order valence-electron chi connectivity index (χ2n) is 4.90. The van der Waals surface area contributed by atoms with Crippen molar-refractivity contribution in [3.05, 3.63) is 11.7 Å². The van der Waals surface area contributed by atoms with Gasteiger partial charge in [-0.3, -0.25) is 0 Å². The normalized spacial score (nSPS) is 36.3. The van der Waals surface area contributed by atoms with Crippen molar-refractivity contribution < 1.29 is 14.4 Å². The highest BCUT2D eigenvalue weighted by molar-refractivity contribution is 8.06. The maximum absolute atomic E-state index is 9.98. The monoisotopic (exact) mass is 302 g/mol. The second kappa shape index (κ2) is 6.03. The molecule has 1 aromatic rings. The Morgan fingerprint density at radius 2 is 2.16 bits per heavy atom. The average Bonchev–Trinajstić information content (AvgIpc) is 2.89. The molecule has 0 saturated carbocycles. The van der Waals surface area contributed by atoms with E-state index in [1.165, 1.54) is 5.75 Å². The van der Waals surface area contributed by atoms with Crippen LogP contribution in [0.5, 0.6) is 0 Å². The number of thioether (sulfide) groups is 2. The topological polar surface area (TPSA) is 68.4 Å². The fraction of sp³-hybridized carbons (Fsp3) is 0.833. The summed E-state index contributed by atoms with van der Waals surface area (Å²) in [6, 6.07) is 0. The molecule has 19 heavy (non-hydrogen) atoms. The van der Waals surface area contributed by atoms with Gasteiger partial charge in [-0.05, 0) is 6.42 Å². The van der Waals surface area contributed by atoms with Crippen molar-refractivity contribution in [2.24, 2.45) is 0 Å². The van der Waals surface area contributed by atoms with Crippen LogP contribution in [0.3, 0.4) is 0 Å². The van der Waals surface area contributed by atoms with Gasteiger partial charge in [0.05, 0.1) is 23.9 Å². The van der Waals surface area contributed by atoms with Crippen LogP contribution in [0.2, 0.25) is 0 Å². The molecule has 0 aliphatic carbocycles. The third kappa shape index (κ3) is 2.94. The molecule has 3 heterocycles. The first-order chi connectivity index (χ1) is 9.25. The summed E-state index contributed by atoms with van der Waals surface area (Å²) >= 11 is 3.84. The Bertz CT molecular complexity index is 392. The van der Waals surface area contributed by atoms with E-state index in [2.05, 4.69) is 17.1 Å². The minimum atomic E-state index is -0.437. The zero-order valence-corrected chi connectivity index (χ0v) is 12.5. The third-order valence-electron chi connectivity index (χ3n) is 3.54. The molecule has 0 amide bonds. The zero-order valence-electron chi connectivity index (χ0n) is 10.8. The molecule has 2 aliphatic rings. The van der Waals surface area contributed by atoms with Gasteiger partial charge in [-0.15, -0.1) is 11.8 Å². The fourth-order valence-corrected chi connectivity index (χ4v) is 5.07. The summed E-state index contributed by atoms with van der Waals surface area (Å²) in [6.07, 6.45) is 0.195. The third-order valence-corrected chi connectivity index (χ3v) is 6.62. The van der Waals surface area contributed by atoms with E-state index in [1.54, 1.807) is 0 Å². The van der Waals surface area contributed by atoms with Crippen LogP contribution < -0.4 is 0 Å². The van der Waals surface area contributed by atoms with Gasteiger partial charge >= 0.3 is 0 Å². The number of aliphatic hydroxyl groups excluding tert-OH is 1. The summed E-state index contributed by atoms with van der Waals surface area (Å²) < 4.78 is 10.7. The zero-order chi connectivity index (χ0) is 13.2. The molecule has 1 aromatic heterocycles. The molecule has 7 heteroatoms. The van der Waals surface area contributed by atoms with Crippen molar-refractivity contribution in [2.45, 2.75) is 35.9 Å². The average molecular weight is 302 g/mol. The standard InChI is InChI=1S/C12H18N2O3S2/c1-7-10(19-5-4-18-7)11-13-12(17-14-11)8-6-16-3-2-9(8)15/h7-10,15H,2-6H2,1H3. The molecular formula is C12H18N2O3S2. The number of aliphatic hydroxyl groups is 1. The lowest BCUT2D eigenvalue weighted by Gasteiger charge is -2.25. The first-order valence-electron chi connectivity index (χ1n) is 6.58. The largest absolute Gasteiger partial charge is 0.392 e. The Balaban J connectivity index is 1.75. The van der Waals surface area contributed by atoms with Crippen LogP contribution in [0.15, 0.2) is 4.52 Å². The van der Waals surface area contributed by atoms with E-state index in [0.717, 1.165) is 11.6 Å². The predicted octanol–water partition coefficient (Wildman–Crippen LogP) is 1.84. The molecule has 0 spiro atoms. The van der Waals surface area contributed by atoms with Crippen LogP contribution in [-0.4, -0.2) is 51.3 Å². The molecule has 3 rings (SSSR count). The van der Waals surface area contributed by atoms with Crippen LogP contribution in [0.4, 0.5) is 0 Å². The van der Waals surface area contributed by atoms with Crippen molar-refractivity contribution in [1.29, 1.82) is 0 Å². The SMILES string of the molecule is CC1SCCSC1c1noc(C2COCCC2O)n1. The number of hydrogen-bond acceptors (Lipinski definition) is 7. The smallest absolute Gasteiger partial charge is 0.234 e. The lowest BCUT2D eigenvalue weighted by atomic mass is 9.99. The Hall–Kier alpha value is -0.240. The molecule has 4 atom stereocenters. The van der Waals surface area contributed by atoms with E-state index in [0.29, 0.717) is 30.8 Å². The van der Waals surface area contributed by atoms with Gasteiger partial charge in [0.1, 0.15) is 0 Å². The van der Waals surface area contributed by atoms with Gasteiger partial charge in [0.25, 0.3) is 0 Å². The molecular weight excluding hydrogens is 284 g/mol. The van der Waals surface area contributed by atoms with E-state index in [4.69, 9.17) is 9.26 Å². The van der Waals surface area contributed by atoms with Crippen LogP contribution in [0, 0.1) is 0 Å². The molecule has 0 bridgehead atoms. The van der Waals surface area contributed by atoms with E-state index in [1.807, 2.05) is 23.5 Å². The Morgan fingerprint density at radius 3 is 2.95 bits per heavy atom. The van der Waals surface area contributed by atoms with Gasteiger partial charge in [-0.2, -0.15) is 16.7 Å². The second-order valence-corrected chi connectivity index (χ2v) is 7.63. The van der Waals surface area contributed by atoms with Crippen LogP contribution in [0.25, 0.3) is 0 Å². The van der Waals surface area contributed by atoms with E-state index < -0.39 is 6.10 Å². The lowest BCUT2D eigenvalue weighted by molar-refractivity contribution is -0.0149. The summed E-state index contributed by atoms with van der Waals surface area (Å²) in [4.78, 5) is 4.51. The fourth-order valence-electron chi connectivity index (χ4n) is 2.39. The highest BCUT2D eigenvalue weighted by Gasteiger charge is 2.33. The molecule has 5 nitrogen and oxygen atoms in total. The van der Waals surface area contributed by atoms with Gasteiger partial charge in [0.15, 0.2) is 5.82 Å². The summed E-state index contributed by atoms with van der Waals surface area (Å²) in [5.74, 6) is 3.41. The van der Waals surface area contributed by atoms with E-state index in [9.17, 15) is 5.11 Å². The summed E-state index contributed by atoms with van der Waals surface area (Å²) in [6.45, 7) is 3.27. The number of rotatable bonds is 2. The molecule has 4 unspecified atom stereocenters. The quantitative estimate of drug-likeness (QED) is 0.894. The van der Waals surface area contributed by atoms with Gasteiger partial charge in [0, 0.05) is 23.4 Å². The van der Waals surface area contributed by atoms with Gasteiger partial charge < -0.3 is 14.4 Å². The van der Waals surface area contributed by atoms with Crippen molar-refractivity contribution in [1.82, 2.24) is 10.1 Å². The van der Waals surface area contributed by atoms with Crippen LogP contribution in [0.1, 0.15) is 36.2 Å². The highest BCUT2D eigenvalue weighted by Crippen LogP contribution is 2.41. The lowest BCUT2D eigenvalue weighted by Crippen LogP contribution is -2.30. The number of aromatic nitrogens is 2. The van der Waals surface area contributed by atoms with E-state index in [-0.39, 0.29) is 11.2 Å². The molecule has 2 fully saturated rings. The van der Waals surface area contributed by atoms with Crippen LogP contribution >= 0.6 is 23.5 Å². The van der Waals surface area contributed by atoms with E-state index >= 15 is 0 Å². The molecule has 106 valence electrons. The van der Waals surface area contributed by atoms with Crippen molar-refractivity contribution >= 4 is 23.5 Å². The first-order valence-corrected chi connectivity index (χ1v) is 8.68. The minimum Gasteiger partial charge on any atom is -0.392 e. The number of ether oxygens (including phenoxy) is 1. The molecule has 2 aliphatic heterocycles. The van der Waals surface area contributed by atoms with Gasteiger partial charge in [-0.25, -0.2) is 0 Å². The minimum absolute atomic E-state index is 0.174.